The van der Waals surface area contributed by atoms with Crippen molar-refractivity contribution >= 4 is 53.5 Å². The zero-order chi connectivity index (χ0) is 31.5. The number of hydrogen-bond donors (Lipinski definition) is 2. The lowest BCUT2D eigenvalue weighted by molar-refractivity contribution is 0.200. The highest BCUT2D eigenvalue weighted by Crippen LogP contribution is 2.39. The Labute approximate surface area is 259 Å². The van der Waals surface area contributed by atoms with Crippen molar-refractivity contribution in [3.63, 3.8) is 0 Å². The molecular weight excluding hydrogens is 665 g/mol. The minimum Gasteiger partial charge on any atom is -0.506 e. The predicted octanol–water partition coefficient (Wildman–Crippen LogP) is 4.16. The second-order valence-electron chi connectivity index (χ2n) is 10.2. The lowest BCUT2D eigenvalue weighted by Gasteiger charge is -2.31. The van der Waals surface area contributed by atoms with Gasteiger partial charge in [-0.2, -0.15) is 0 Å². The van der Waals surface area contributed by atoms with Crippen LogP contribution in [0, 0.1) is 5.82 Å². The molecule has 4 rings (SSSR count). The van der Waals surface area contributed by atoms with Crippen LogP contribution in [0.2, 0.25) is 0 Å². The highest BCUT2D eigenvalue weighted by molar-refractivity contribution is 9.10. The van der Waals surface area contributed by atoms with Crippen LogP contribution in [0.4, 0.5) is 10.3 Å². The number of aliphatic hydroxyl groups is 1. The molecule has 1 aliphatic heterocycles. The fourth-order valence-electron chi connectivity index (χ4n) is 4.12. The summed E-state index contributed by atoms with van der Waals surface area (Å²) in [4.78, 5) is 4.36. The van der Waals surface area contributed by atoms with E-state index in [1.807, 2.05) is 18.8 Å². The van der Waals surface area contributed by atoms with Crippen molar-refractivity contribution in [2.24, 2.45) is 4.99 Å². The summed E-state index contributed by atoms with van der Waals surface area (Å²) in [7, 11) is -2.74. The number of aliphatic hydroxyl groups excluding tert-OH is 1. The van der Waals surface area contributed by atoms with Crippen LogP contribution >= 0.6 is 26.0 Å². The van der Waals surface area contributed by atoms with Crippen molar-refractivity contribution in [3.8, 4) is 17.2 Å². The Hall–Kier alpha value is -3.58. The third-order valence-corrected chi connectivity index (χ3v) is 10.1. The van der Waals surface area contributed by atoms with Gasteiger partial charge in [0, 0.05) is 11.0 Å². The van der Waals surface area contributed by atoms with E-state index in [4.69, 9.17) is 9.47 Å². The number of aromatic nitrogens is 3. The lowest BCUT2D eigenvalue weighted by Crippen LogP contribution is -2.39. The molecule has 1 aromatic heterocycles. The Morgan fingerprint density at radius 3 is 2.53 bits per heavy atom. The average molecular weight is 697 g/mol. The first-order valence-electron chi connectivity index (χ1n) is 12.7. The van der Waals surface area contributed by atoms with Gasteiger partial charge in [0.2, 0.25) is 21.9 Å². The number of aromatic hydroxyl groups is 1. The van der Waals surface area contributed by atoms with E-state index >= 15 is 0 Å². The maximum atomic E-state index is 14.1. The Bertz CT molecular complexity index is 1770. The maximum absolute atomic E-state index is 14.1. The van der Waals surface area contributed by atoms with E-state index in [0.29, 0.717) is 5.75 Å². The minimum atomic E-state index is -4.34. The Morgan fingerprint density at radius 1 is 1.14 bits per heavy atom. The second-order valence-corrected chi connectivity index (χ2v) is 17.6. The van der Waals surface area contributed by atoms with Crippen LogP contribution in [0.15, 0.2) is 63.4 Å². The molecule has 0 bridgehead atoms. The quantitative estimate of drug-likeness (QED) is 0.285. The standard InChI is InChI=1S/C28H31BrFN5O6S2/c1-40-24-10-7-9-22(36)26(24)35-27(21-8-6-11-25(31-21)41-2)32-33-28(35)34(14-15-42(3,4)5)43(38,39)17-23(37)19-13-12-18(30)16-20(19)29/h7,9-13,16,23,36-37H,14-15,17H2,1-5H3/t23-/m1/s1. The minimum absolute atomic E-state index is 0.0199. The van der Waals surface area contributed by atoms with E-state index < -0.39 is 37.7 Å². The largest absolute Gasteiger partial charge is 0.506 e. The predicted molar refractivity (Wildman–Crippen MR) is 169 cm³/mol. The fourth-order valence-corrected chi connectivity index (χ4v) is 7.07. The second kappa shape index (κ2) is 13.0. The summed E-state index contributed by atoms with van der Waals surface area (Å²) in [5.74, 6) is -0.836. The zero-order valence-electron chi connectivity index (χ0n) is 24.1. The summed E-state index contributed by atoms with van der Waals surface area (Å²) in [5, 5.41) is 30.6. The van der Waals surface area contributed by atoms with Gasteiger partial charge in [-0.25, -0.2) is 32.1 Å². The number of hydrogen-bond acceptors (Lipinski definition) is 9. The van der Waals surface area contributed by atoms with Crippen molar-refractivity contribution in [2.75, 3.05) is 55.3 Å². The Kier molecular flexibility index (Phi) is 9.75. The molecule has 0 saturated carbocycles. The van der Waals surface area contributed by atoms with Crippen molar-refractivity contribution in [1.29, 1.82) is 0 Å². The number of rotatable bonds is 11. The molecule has 0 spiro atoms. The molecule has 43 heavy (non-hydrogen) atoms. The highest BCUT2D eigenvalue weighted by atomic mass is 79.9. The number of sulfonamides is 1. The van der Waals surface area contributed by atoms with E-state index in [9.17, 15) is 23.0 Å². The van der Waals surface area contributed by atoms with E-state index in [1.165, 1.54) is 37.0 Å². The molecule has 11 nitrogen and oxygen atoms in total. The number of phenols is 1. The number of ether oxygens (including phenoxy) is 2. The third-order valence-electron chi connectivity index (χ3n) is 6.25. The number of halogens is 2. The number of nitrogens with zero attached hydrogens (tertiary/aromatic N) is 5. The van der Waals surface area contributed by atoms with Gasteiger partial charge in [-0.05, 0) is 60.1 Å². The first-order chi connectivity index (χ1) is 20.3. The molecule has 0 radical (unpaired) electrons. The molecule has 2 N–H and O–H groups in total. The lowest BCUT2D eigenvalue weighted by atomic mass is 10.1. The molecule has 3 aromatic rings. The topological polar surface area (TPSA) is 139 Å². The Balaban J connectivity index is 1.94. The molecule has 15 heteroatoms. The molecule has 2 aromatic carbocycles. The molecule has 0 saturated heterocycles. The molecule has 0 unspecified atom stereocenters. The van der Waals surface area contributed by atoms with Crippen LogP contribution in [0.1, 0.15) is 17.5 Å². The van der Waals surface area contributed by atoms with Gasteiger partial charge < -0.3 is 19.7 Å². The van der Waals surface area contributed by atoms with Crippen LogP contribution in [-0.2, 0) is 14.8 Å². The van der Waals surface area contributed by atoms with Crippen LogP contribution in [0.25, 0.3) is 11.4 Å². The van der Waals surface area contributed by atoms with Gasteiger partial charge in [-0.1, -0.05) is 33.8 Å². The number of para-hydroxylation sites is 1. The van der Waals surface area contributed by atoms with Gasteiger partial charge in [0.1, 0.15) is 23.0 Å². The summed E-state index contributed by atoms with van der Waals surface area (Å²) in [6.45, 7) is -0.0199. The normalized spacial score (nSPS) is 14.2. The van der Waals surface area contributed by atoms with Crippen LogP contribution in [0.3, 0.4) is 0 Å². The summed E-state index contributed by atoms with van der Waals surface area (Å²) >= 11 is 3.20. The molecule has 230 valence electrons. The van der Waals surface area contributed by atoms with Gasteiger partial charge in [0.15, 0.2) is 11.5 Å². The zero-order valence-corrected chi connectivity index (χ0v) is 27.3. The van der Waals surface area contributed by atoms with E-state index in [-0.39, 0.29) is 57.1 Å². The molecule has 0 fully saturated rings. The van der Waals surface area contributed by atoms with Gasteiger partial charge >= 0.3 is 0 Å². The highest BCUT2D eigenvalue weighted by Gasteiger charge is 2.35. The van der Waals surface area contributed by atoms with Crippen molar-refractivity contribution in [3.05, 3.63) is 75.6 Å². The first kappa shape index (κ1) is 32.3. The monoisotopic (exact) mass is 695 g/mol. The maximum Gasteiger partial charge on any atom is 0.246 e. The molecule has 2 heterocycles. The van der Waals surface area contributed by atoms with Crippen LogP contribution in [0.5, 0.6) is 11.5 Å². The molecule has 0 amide bonds. The van der Waals surface area contributed by atoms with Crippen molar-refractivity contribution < 1.29 is 32.5 Å². The molecule has 0 aliphatic carbocycles. The Morgan fingerprint density at radius 2 is 1.88 bits per heavy atom. The number of anilines is 1. The number of methoxy groups -OCH3 is 2. The van der Waals surface area contributed by atoms with Crippen LogP contribution < -0.4 is 9.04 Å². The van der Waals surface area contributed by atoms with E-state index in [0.717, 1.165) is 16.4 Å². The SMILES string of the molecule is COC1=NC(c2nnc(N(CCS(C)(C)C)S(=O)(=O)C[C@@H](O)c3ccc(F)cc3Br)n2-c2c(O)cccc2OC)=C=C=C1. The van der Waals surface area contributed by atoms with Crippen molar-refractivity contribution in [2.45, 2.75) is 6.10 Å². The molecule has 1 atom stereocenters. The summed E-state index contributed by atoms with van der Waals surface area (Å²) in [5.41, 5.74) is 5.99. The smallest absolute Gasteiger partial charge is 0.246 e. The first-order valence-corrected chi connectivity index (χ1v) is 18.1. The van der Waals surface area contributed by atoms with Gasteiger partial charge in [-0.15, -0.1) is 10.2 Å². The van der Waals surface area contributed by atoms with Crippen molar-refractivity contribution in [1.82, 2.24) is 14.8 Å². The van der Waals surface area contributed by atoms with E-state index in [2.05, 4.69) is 42.6 Å². The fraction of sp³-hybridized carbons (Fsp3) is 0.321. The van der Waals surface area contributed by atoms with Crippen LogP contribution in [-0.4, -0.2) is 90.3 Å². The number of phenolic OH excluding ortho intramolecular Hbond substituents is 1. The molecule has 1 aliphatic rings. The third kappa shape index (κ3) is 7.32. The molecular formula is C28H31BrFN5O6S2. The summed E-state index contributed by atoms with van der Waals surface area (Å²) < 4.78 is 55.3. The summed E-state index contributed by atoms with van der Waals surface area (Å²) in [6, 6.07) is 8.17. The van der Waals surface area contributed by atoms with Gasteiger partial charge in [0.25, 0.3) is 0 Å². The van der Waals surface area contributed by atoms with E-state index in [1.54, 1.807) is 12.1 Å². The number of benzene rings is 2. The number of aliphatic imine (C=N–C) groups is 1. The average Bonchev–Trinajstić information content (AvgIpc) is 3.35. The van der Waals surface area contributed by atoms with Gasteiger partial charge in [0.05, 0.1) is 32.2 Å². The summed E-state index contributed by atoms with van der Waals surface area (Å²) in [6.07, 6.45) is 6.06. The van der Waals surface area contributed by atoms with Gasteiger partial charge in [-0.3, -0.25) is 4.57 Å².